The topological polar surface area (TPSA) is 51.1 Å². The van der Waals surface area contributed by atoms with E-state index < -0.39 is 0 Å². The molecule has 3 aromatic carbocycles. The van der Waals surface area contributed by atoms with Gasteiger partial charge in [-0.3, -0.25) is 4.79 Å². The zero-order valence-corrected chi connectivity index (χ0v) is 18.1. The van der Waals surface area contributed by atoms with Crippen LogP contribution in [0.5, 0.6) is 11.5 Å². The average Bonchev–Trinajstić information content (AvgIpc) is 3.11. The van der Waals surface area contributed by atoms with Gasteiger partial charge in [-0.25, -0.2) is 0 Å². The summed E-state index contributed by atoms with van der Waals surface area (Å²) >= 11 is 3.43. The Balaban J connectivity index is 1.83. The second-order valence-electron chi connectivity index (χ2n) is 6.57. The third kappa shape index (κ3) is 3.86. The number of methoxy groups -OCH3 is 2. The molecule has 1 amide bonds. The summed E-state index contributed by atoms with van der Waals surface area (Å²) in [7, 11) is 3.19. The van der Waals surface area contributed by atoms with Crippen molar-refractivity contribution in [2.75, 3.05) is 19.2 Å². The molecule has 0 radical (unpaired) electrons. The maximum Gasteiger partial charge on any atom is 0.281 e. The molecule has 4 rings (SSSR count). The first-order valence-corrected chi connectivity index (χ1v) is 10.1. The van der Waals surface area contributed by atoms with Crippen molar-refractivity contribution >= 4 is 39.3 Å². The summed E-state index contributed by atoms with van der Waals surface area (Å²) in [6.45, 7) is 0. The van der Waals surface area contributed by atoms with Crippen LogP contribution in [0.1, 0.15) is 11.1 Å². The molecule has 0 saturated carbocycles. The number of carbonyl (C=O) groups excluding carboxylic acids is 1. The molecule has 0 unspecified atom stereocenters. The molecule has 6 heteroatoms. The van der Waals surface area contributed by atoms with Crippen LogP contribution in [0.15, 0.2) is 87.9 Å². The fraction of sp³-hybridized carbons (Fsp3) is 0.0833. The van der Waals surface area contributed by atoms with Crippen LogP contribution in [0.3, 0.4) is 0 Å². The fourth-order valence-electron chi connectivity index (χ4n) is 3.20. The Labute approximate surface area is 183 Å². The fourth-order valence-corrected chi connectivity index (χ4v) is 3.47. The normalized spacial score (nSPS) is 14.8. The number of carbonyl (C=O) groups is 1. The van der Waals surface area contributed by atoms with Gasteiger partial charge in [0, 0.05) is 21.7 Å². The van der Waals surface area contributed by atoms with Gasteiger partial charge < -0.3 is 9.47 Å². The number of hydrogen-bond acceptors (Lipinski definition) is 4. The van der Waals surface area contributed by atoms with Crippen LogP contribution >= 0.6 is 15.9 Å². The Morgan fingerprint density at radius 3 is 2.33 bits per heavy atom. The smallest absolute Gasteiger partial charge is 0.281 e. The predicted molar refractivity (Wildman–Crippen MR) is 122 cm³/mol. The number of hydrazone groups is 1. The lowest BCUT2D eigenvalue weighted by Crippen LogP contribution is -2.21. The van der Waals surface area contributed by atoms with Crippen molar-refractivity contribution in [3.8, 4) is 11.5 Å². The third-order valence-electron chi connectivity index (χ3n) is 4.74. The summed E-state index contributed by atoms with van der Waals surface area (Å²) in [6, 6.07) is 22.6. The molecule has 0 fully saturated rings. The van der Waals surface area contributed by atoms with E-state index in [1.54, 1.807) is 20.3 Å². The Morgan fingerprint density at radius 2 is 1.67 bits per heavy atom. The molecule has 1 heterocycles. The second kappa shape index (κ2) is 8.55. The molecule has 30 heavy (non-hydrogen) atoms. The Bertz CT molecular complexity index is 1140. The van der Waals surface area contributed by atoms with Crippen LogP contribution in [-0.2, 0) is 4.79 Å². The van der Waals surface area contributed by atoms with E-state index in [0.717, 1.165) is 15.6 Å². The van der Waals surface area contributed by atoms with E-state index in [1.165, 1.54) is 5.01 Å². The minimum atomic E-state index is -0.200. The molecule has 0 saturated heterocycles. The number of ether oxygens (including phenoxy) is 2. The molecule has 0 atom stereocenters. The summed E-state index contributed by atoms with van der Waals surface area (Å²) in [6.07, 6.45) is 1.81. The molecule has 1 aliphatic heterocycles. The molecule has 150 valence electrons. The molecule has 5 nitrogen and oxygen atoms in total. The van der Waals surface area contributed by atoms with Crippen LogP contribution < -0.4 is 14.5 Å². The first-order valence-electron chi connectivity index (χ1n) is 9.29. The summed E-state index contributed by atoms with van der Waals surface area (Å²) in [5, 5.41) is 6.08. The highest BCUT2D eigenvalue weighted by molar-refractivity contribution is 9.10. The quantitative estimate of drug-likeness (QED) is 0.483. The van der Waals surface area contributed by atoms with E-state index in [1.807, 2.05) is 72.8 Å². The minimum absolute atomic E-state index is 0.200. The number of nitrogens with zero attached hydrogens (tertiary/aromatic N) is 2. The first-order chi connectivity index (χ1) is 14.6. The number of hydrogen-bond donors (Lipinski definition) is 0. The summed E-state index contributed by atoms with van der Waals surface area (Å²) in [4.78, 5) is 13.4. The van der Waals surface area contributed by atoms with Gasteiger partial charge >= 0.3 is 0 Å². The van der Waals surface area contributed by atoms with E-state index in [4.69, 9.17) is 9.47 Å². The molecule has 0 N–H and O–H groups in total. The van der Waals surface area contributed by atoms with Gasteiger partial charge in [0.1, 0.15) is 17.2 Å². The number of halogens is 1. The summed E-state index contributed by atoms with van der Waals surface area (Å²) < 4.78 is 11.7. The highest BCUT2D eigenvalue weighted by atomic mass is 79.9. The lowest BCUT2D eigenvalue weighted by Gasteiger charge is -2.12. The highest BCUT2D eigenvalue weighted by Gasteiger charge is 2.32. The van der Waals surface area contributed by atoms with Crippen molar-refractivity contribution in [3.05, 3.63) is 94.0 Å². The molecule has 0 aromatic heterocycles. The Morgan fingerprint density at radius 1 is 0.933 bits per heavy atom. The molecule has 0 bridgehead atoms. The summed E-state index contributed by atoms with van der Waals surface area (Å²) in [5.74, 6) is 1.10. The largest absolute Gasteiger partial charge is 0.497 e. The van der Waals surface area contributed by atoms with Gasteiger partial charge in [0.2, 0.25) is 0 Å². The van der Waals surface area contributed by atoms with Crippen LogP contribution in [0.25, 0.3) is 6.08 Å². The van der Waals surface area contributed by atoms with E-state index in [-0.39, 0.29) is 5.91 Å². The Hall–Kier alpha value is -3.38. The van der Waals surface area contributed by atoms with Crippen molar-refractivity contribution in [2.24, 2.45) is 5.10 Å². The van der Waals surface area contributed by atoms with Gasteiger partial charge in [0.05, 0.1) is 25.5 Å². The molecule has 1 aliphatic rings. The van der Waals surface area contributed by atoms with E-state index >= 15 is 0 Å². The minimum Gasteiger partial charge on any atom is -0.497 e. The number of benzene rings is 3. The zero-order chi connectivity index (χ0) is 21.1. The van der Waals surface area contributed by atoms with Gasteiger partial charge in [-0.15, -0.1) is 0 Å². The highest BCUT2D eigenvalue weighted by Crippen LogP contribution is 2.32. The van der Waals surface area contributed by atoms with E-state index in [9.17, 15) is 4.79 Å². The van der Waals surface area contributed by atoms with Gasteiger partial charge in [-0.1, -0.05) is 46.3 Å². The van der Waals surface area contributed by atoms with Gasteiger partial charge in [0.25, 0.3) is 5.91 Å². The maximum atomic E-state index is 13.4. The van der Waals surface area contributed by atoms with Crippen molar-refractivity contribution in [1.82, 2.24) is 0 Å². The Kier molecular flexibility index (Phi) is 5.68. The van der Waals surface area contributed by atoms with Crippen molar-refractivity contribution in [1.29, 1.82) is 0 Å². The van der Waals surface area contributed by atoms with Crippen LogP contribution in [0.4, 0.5) is 5.69 Å². The number of amides is 1. The molecule has 0 spiro atoms. The number of anilines is 1. The zero-order valence-electron chi connectivity index (χ0n) is 16.5. The van der Waals surface area contributed by atoms with E-state index in [0.29, 0.717) is 28.5 Å². The van der Waals surface area contributed by atoms with Crippen molar-refractivity contribution in [3.63, 3.8) is 0 Å². The van der Waals surface area contributed by atoms with E-state index in [2.05, 4.69) is 21.0 Å². The third-order valence-corrected chi connectivity index (χ3v) is 5.27. The molecular weight excluding hydrogens is 444 g/mol. The standard InChI is InChI=1S/C24H19BrN2O3/c1-29-20-13-8-17(22(15-20)30-2)14-21-23(16-6-4-3-5-7-16)26-27(24(21)28)19-11-9-18(25)10-12-19/h3-15H,1-2H3/b21-14+. The van der Waals surface area contributed by atoms with Crippen molar-refractivity contribution < 1.29 is 14.3 Å². The van der Waals surface area contributed by atoms with Gasteiger partial charge in [-0.05, 0) is 42.5 Å². The van der Waals surface area contributed by atoms with Crippen LogP contribution in [-0.4, -0.2) is 25.8 Å². The van der Waals surface area contributed by atoms with Gasteiger partial charge in [-0.2, -0.15) is 10.1 Å². The maximum absolute atomic E-state index is 13.4. The second-order valence-corrected chi connectivity index (χ2v) is 7.49. The van der Waals surface area contributed by atoms with Crippen molar-refractivity contribution in [2.45, 2.75) is 0 Å². The summed E-state index contributed by atoms with van der Waals surface area (Å²) in [5.41, 5.74) is 3.43. The first kappa shape index (κ1) is 19.9. The lowest BCUT2D eigenvalue weighted by atomic mass is 10.00. The number of rotatable bonds is 5. The van der Waals surface area contributed by atoms with Gasteiger partial charge in [0.15, 0.2) is 0 Å². The van der Waals surface area contributed by atoms with Crippen LogP contribution in [0.2, 0.25) is 0 Å². The molecule has 3 aromatic rings. The predicted octanol–water partition coefficient (Wildman–Crippen LogP) is 5.30. The monoisotopic (exact) mass is 462 g/mol. The molecular formula is C24H19BrN2O3. The average molecular weight is 463 g/mol. The SMILES string of the molecule is COc1ccc(/C=C2/C(=O)N(c3ccc(Br)cc3)N=C2c2ccccc2)c(OC)c1. The van der Waals surface area contributed by atoms with Crippen LogP contribution in [0, 0.1) is 0 Å². The molecule has 0 aliphatic carbocycles. The lowest BCUT2D eigenvalue weighted by molar-refractivity contribution is -0.114.